The van der Waals surface area contributed by atoms with Gasteiger partial charge in [-0.05, 0) is 30.7 Å². The molecular formula is C22H17N3O3. The first-order chi connectivity index (χ1) is 13.6. The zero-order valence-electron chi connectivity index (χ0n) is 15.4. The molecule has 0 aliphatic heterocycles. The molecule has 0 fully saturated rings. The summed E-state index contributed by atoms with van der Waals surface area (Å²) >= 11 is 0. The Morgan fingerprint density at radius 3 is 2.43 bits per heavy atom. The zero-order valence-corrected chi connectivity index (χ0v) is 15.4. The van der Waals surface area contributed by atoms with Gasteiger partial charge in [-0.1, -0.05) is 42.5 Å². The van der Waals surface area contributed by atoms with Crippen LogP contribution in [0.15, 0.2) is 66.9 Å². The standard InChI is InChI=1S/C22H17N3O3/c1-14-11-12-18-19(20(24-25(18)13-14)15-7-4-3-5-8-15)21(26)16-9-6-10-17(23-16)22(27)28-2/h3-13H,1-2H3. The van der Waals surface area contributed by atoms with Gasteiger partial charge in [0.25, 0.3) is 0 Å². The number of carbonyl (C=O) groups excluding carboxylic acids is 2. The van der Waals surface area contributed by atoms with Crippen LogP contribution in [0.2, 0.25) is 0 Å². The monoisotopic (exact) mass is 371 g/mol. The summed E-state index contributed by atoms with van der Waals surface area (Å²) in [6.07, 6.45) is 1.87. The van der Waals surface area contributed by atoms with Crippen LogP contribution in [0.25, 0.3) is 16.8 Å². The van der Waals surface area contributed by atoms with Crippen molar-refractivity contribution in [3.8, 4) is 11.3 Å². The number of rotatable bonds is 4. The van der Waals surface area contributed by atoms with Crippen molar-refractivity contribution >= 4 is 17.3 Å². The van der Waals surface area contributed by atoms with Crippen LogP contribution in [-0.4, -0.2) is 33.5 Å². The molecule has 0 atom stereocenters. The Hall–Kier alpha value is -3.80. The molecule has 1 aromatic carbocycles. The number of carbonyl (C=O) groups is 2. The van der Waals surface area contributed by atoms with Gasteiger partial charge in [0.2, 0.25) is 5.78 Å². The van der Waals surface area contributed by atoms with Crippen LogP contribution in [0.5, 0.6) is 0 Å². The van der Waals surface area contributed by atoms with Crippen molar-refractivity contribution in [1.82, 2.24) is 14.6 Å². The van der Waals surface area contributed by atoms with Gasteiger partial charge in [0.05, 0.1) is 18.2 Å². The molecule has 0 unspecified atom stereocenters. The minimum Gasteiger partial charge on any atom is -0.464 e. The third-order valence-electron chi connectivity index (χ3n) is 4.43. The van der Waals surface area contributed by atoms with E-state index in [9.17, 15) is 9.59 Å². The molecule has 0 aliphatic rings. The Morgan fingerprint density at radius 1 is 0.929 bits per heavy atom. The lowest BCUT2D eigenvalue weighted by Crippen LogP contribution is -2.10. The number of ketones is 1. The number of esters is 1. The molecular weight excluding hydrogens is 354 g/mol. The van der Waals surface area contributed by atoms with Crippen molar-refractivity contribution in [2.45, 2.75) is 6.92 Å². The summed E-state index contributed by atoms with van der Waals surface area (Å²) in [4.78, 5) is 29.4. The fraction of sp³-hybridized carbons (Fsp3) is 0.0909. The highest BCUT2D eigenvalue weighted by Crippen LogP contribution is 2.28. The number of fused-ring (bicyclic) bond motifs is 1. The van der Waals surface area contributed by atoms with E-state index < -0.39 is 5.97 Å². The molecule has 0 N–H and O–H groups in total. The lowest BCUT2D eigenvalue weighted by Gasteiger charge is -2.05. The minimum absolute atomic E-state index is 0.0851. The molecule has 4 aromatic rings. The number of benzene rings is 1. The SMILES string of the molecule is COC(=O)c1cccc(C(=O)c2c(-c3ccccc3)nn3cc(C)ccc23)n1. The lowest BCUT2D eigenvalue weighted by atomic mass is 10.0. The van der Waals surface area contributed by atoms with Gasteiger partial charge in [-0.2, -0.15) is 5.10 Å². The van der Waals surface area contributed by atoms with Crippen LogP contribution in [0.3, 0.4) is 0 Å². The number of aromatic nitrogens is 3. The second-order valence-corrected chi connectivity index (χ2v) is 6.35. The number of hydrogen-bond donors (Lipinski definition) is 0. The molecule has 0 amide bonds. The molecule has 138 valence electrons. The summed E-state index contributed by atoms with van der Waals surface area (Å²) in [5.74, 6) is -0.892. The number of aryl methyl sites for hydroxylation is 1. The van der Waals surface area contributed by atoms with E-state index in [4.69, 9.17) is 4.74 Å². The van der Waals surface area contributed by atoms with Crippen molar-refractivity contribution in [2.24, 2.45) is 0 Å². The molecule has 0 saturated heterocycles. The van der Waals surface area contributed by atoms with E-state index in [1.54, 1.807) is 16.6 Å². The van der Waals surface area contributed by atoms with Gasteiger partial charge in [0.15, 0.2) is 0 Å². The van der Waals surface area contributed by atoms with E-state index in [0.29, 0.717) is 16.8 Å². The topological polar surface area (TPSA) is 73.6 Å². The van der Waals surface area contributed by atoms with Gasteiger partial charge in [0, 0.05) is 11.8 Å². The van der Waals surface area contributed by atoms with Crippen LogP contribution in [0.4, 0.5) is 0 Å². The lowest BCUT2D eigenvalue weighted by molar-refractivity contribution is 0.0594. The molecule has 0 saturated carbocycles. The van der Waals surface area contributed by atoms with Crippen LogP contribution in [0, 0.1) is 6.92 Å². The largest absolute Gasteiger partial charge is 0.464 e. The molecule has 6 nitrogen and oxygen atoms in total. The van der Waals surface area contributed by atoms with E-state index >= 15 is 0 Å². The molecule has 6 heteroatoms. The Bertz CT molecular complexity index is 1200. The third kappa shape index (κ3) is 3.05. The van der Waals surface area contributed by atoms with Gasteiger partial charge in [-0.3, -0.25) is 4.79 Å². The second kappa shape index (κ2) is 7.08. The zero-order chi connectivity index (χ0) is 19.7. The minimum atomic E-state index is -0.589. The quantitative estimate of drug-likeness (QED) is 0.404. The van der Waals surface area contributed by atoms with E-state index in [0.717, 1.165) is 11.1 Å². The van der Waals surface area contributed by atoms with Crippen molar-refractivity contribution < 1.29 is 14.3 Å². The maximum atomic E-state index is 13.4. The predicted molar refractivity (Wildman–Crippen MR) is 104 cm³/mol. The maximum Gasteiger partial charge on any atom is 0.356 e. The van der Waals surface area contributed by atoms with Crippen LogP contribution >= 0.6 is 0 Å². The Balaban J connectivity index is 1.92. The van der Waals surface area contributed by atoms with E-state index in [1.807, 2.05) is 55.6 Å². The summed E-state index contributed by atoms with van der Waals surface area (Å²) in [7, 11) is 1.28. The Labute approximate surface area is 161 Å². The highest BCUT2D eigenvalue weighted by Gasteiger charge is 2.24. The Kier molecular flexibility index (Phi) is 4.45. The highest BCUT2D eigenvalue weighted by molar-refractivity contribution is 6.16. The Morgan fingerprint density at radius 2 is 1.68 bits per heavy atom. The average Bonchev–Trinajstić information content (AvgIpc) is 3.11. The van der Waals surface area contributed by atoms with Crippen molar-refractivity contribution in [3.63, 3.8) is 0 Å². The predicted octanol–water partition coefficient (Wildman–Crippen LogP) is 3.72. The normalized spacial score (nSPS) is 10.8. The maximum absolute atomic E-state index is 13.4. The van der Waals surface area contributed by atoms with Crippen LogP contribution in [0.1, 0.15) is 32.1 Å². The van der Waals surface area contributed by atoms with Crippen LogP contribution in [-0.2, 0) is 4.74 Å². The third-order valence-corrected chi connectivity index (χ3v) is 4.43. The molecule has 3 aromatic heterocycles. The smallest absolute Gasteiger partial charge is 0.356 e. The molecule has 4 rings (SSSR count). The molecule has 28 heavy (non-hydrogen) atoms. The summed E-state index contributed by atoms with van der Waals surface area (Å²) in [5.41, 5.74) is 3.80. The van der Waals surface area contributed by atoms with Crippen molar-refractivity contribution in [2.75, 3.05) is 7.11 Å². The molecule has 0 radical (unpaired) electrons. The highest BCUT2D eigenvalue weighted by atomic mass is 16.5. The number of pyridine rings is 2. The molecule has 0 spiro atoms. The summed E-state index contributed by atoms with van der Waals surface area (Å²) in [6.45, 7) is 1.96. The average molecular weight is 371 g/mol. The van der Waals surface area contributed by atoms with Gasteiger partial charge in [-0.25, -0.2) is 14.3 Å². The number of nitrogens with zero attached hydrogens (tertiary/aromatic N) is 3. The fourth-order valence-electron chi connectivity index (χ4n) is 3.08. The number of ether oxygens (including phenoxy) is 1. The first-order valence-corrected chi connectivity index (χ1v) is 8.73. The number of hydrogen-bond acceptors (Lipinski definition) is 5. The van der Waals surface area contributed by atoms with Gasteiger partial charge < -0.3 is 4.74 Å². The molecule has 3 heterocycles. The van der Waals surface area contributed by atoms with E-state index in [2.05, 4.69) is 10.1 Å². The first-order valence-electron chi connectivity index (χ1n) is 8.73. The van der Waals surface area contributed by atoms with E-state index in [-0.39, 0.29) is 17.2 Å². The fourth-order valence-corrected chi connectivity index (χ4v) is 3.08. The van der Waals surface area contributed by atoms with Gasteiger partial charge in [-0.15, -0.1) is 0 Å². The summed E-state index contributed by atoms with van der Waals surface area (Å²) in [5, 5.41) is 4.64. The van der Waals surface area contributed by atoms with Gasteiger partial charge >= 0.3 is 5.97 Å². The molecule has 0 bridgehead atoms. The number of methoxy groups -OCH3 is 1. The summed E-state index contributed by atoms with van der Waals surface area (Å²) < 4.78 is 6.41. The molecule has 0 aliphatic carbocycles. The van der Waals surface area contributed by atoms with Crippen molar-refractivity contribution in [1.29, 1.82) is 0 Å². The summed E-state index contributed by atoms with van der Waals surface area (Å²) in [6, 6.07) is 18.0. The van der Waals surface area contributed by atoms with E-state index in [1.165, 1.54) is 13.2 Å². The first kappa shape index (κ1) is 17.6. The second-order valence-electron chi connectivity index (χ2n) is 6.35. The van der Waals surface area contributed by atoms with Crippen molar-refractivity contribution in [3.05, 3.63) is 89.4 Å². The van der Waals surface area contributed by atoms with Crippen LogP contribution < -0.4 is 0 Å². The van der Waals surface area contributed by atoms with Gasteiger partial charge in [0.1, 0.15) is 17.1 Å².